The lowest BCUT2D eigenvalue weighted by Crippen LogP contribution is -2.25. The Morgan fingerprint density at radius 3 is 2.74 bits per heavy atom. The van der Waals surface area contributed by atoms with Crippen LogP contribution in [0.1, 0.15) is 5.56 Å². The summed E-state index contributed by atoms with van der Waals surface area (Å²) in [6.07, 6.45) is 0. The molecule has 2 aromatic carbocycles. The van der Waals surface area contributed by atoms with Crippen LogP contribution in [-0.2, 0) is 14.8 Å². The zero-order valence-corrected chi connectivity index (χ0v) is 12.9. The minimum absolute atomic E-state index is 0.0363. The number of ether oxygens (including phenoxy) is 1. The van der Waals surface area contributed by atoms with Crippen molar-refractivity contribution in [1.82, 2.24) is 0 Å². The molecule has 0 aromatic heterocycles. The van der Waals surface area contributed by atoms with E-state index in [1.807, 2.05) is 0 Å². The molecule has 3 rings (SSSR count). The van der Waals surface area contributed by atoms with Crippen molar-refractivity contribution in [3.63, 3.8) is 0 Å². The fourth-order valence-corrected chi connectivity index (χ4v) is 3.33. The third kappa shape index (κ3) is 3.11. The van der Waals surface area contributed by atoms with Gasteiger partial charge in [0.15, 0.2) is 6.61 Å². The molecular weight excluding hydrogens is 323 g/mol. The van der Waals surface area contributed by atoms with Crippen LogP contribution in [0.3, 0.4) is 0 Å². The number of benzene rings is 2. The van der Waals surface area contributed by atoms with Gasteiger partial charge >= 0.3 is 0 Å². The number of carbonyl (C=O) groups excluding carboxylic acids is 1. The van der Waals surface area contributed by atoms with Crippen molar-refractivity contribution in [2.45, 2.75) is 11.8 Å². The average molecular weight is 336 g/mol. The second-order valence-electron chi connectivity index (χ2n) is 5.06. The summed E-state index contributed by atoms with van der Waals surface area (Å²) >= 11 is 0. The Morgan fingerprint density at radius 2 is 2.00 bits per heavy atom. The SMILES string of the molecule is Cc1cc(F)ccc1NS(=O)(=O)c1ccc2c(c1)NC(=O)CO2. The van der Waals surface area contributed by atoms with E-state index in [2.05, 4.69) is 10.0 Å². The number of amides is 1. The normalized spacial score (nSPS) is 13.7. The molecule has 1 amide bonds. The molecule has 0 radical (unpaired) electrons. The topological polar surface area (TPSA) is 84.5 Å². The van der Waals surface area contributed by atoms with Gasteiger partial charge in [-0.1, -0.05) is 0 Å². The number of sulfonamides is 1. The Bertz CT molecular complexity index is 896. The summed E-state index contributed by atoms with van der Waals surface area (Å²) in [5.74, 6) is -0.394. The van der Waals surface area contributed by atoms with Gasteiger partial charge in [0.2, 0.25) is 0 Å². The predicted molar refractivity (Wildman–Crippen MR) is 82.5 cm³/mol. The molecule has 23 heavy (non-hydrogen) atoms. The van der Waals surface area contributed by atoms with Crippen molar-refractivity contribution in [3.8, 4) is 5.75 Å². The van der Waals surface area contributed by atoms with Crippen LogP contribution in [0.15, 0.2) is 41.3 Å². The summed E-state index contributed by atoms with van der Waals surface area (Å²) in [5.41, 5.74) is 1.03. The largest absolute Gasteiger partial charge is 0.482 e. The van der Waals surface area contributed by atoms with Crippen LogP contribution < -0.4 is 14.8 Å². The van der Waals surface area contributed by atoms with Crippen LogP contribution in [0.25, 0.3) is 0 Å². The number of halogens is 1. The molecule has 120 valence electrons. The van der Waals surface area contributed by atoms with Gasteiger partial charge in [-0.15, -0.1) is 0 Å². The first-order chi connectivity index (χ1) is 10.8. The number of hydrogen-bond acceptors (Lipinski definition) is 4. The van der Waals surface area contributed by atoms with Crippen molar-refractivity contribution >= 4 is 27.3 Å². The molecule has 8 heteroatoms. The van der Waals surface area contributed by atoms with Crippen molar-refractivity contribution < 1.29 is 22.3 Å². The third-order valence-corrected chi connectivity index (χ3v) is 4.69. The minimum atomic E-state index is -3.88. The molecule has 0 bridgehead atoms. The highest BCUT2D eigenvalue weighted by molar-refractivity contribution is 7.92. The highest BCUT2D eigenvalue weighted by atomic mass is 32.2. The molecule has 0 unspecified atom stereocenters. The van der Waals surface area contributed by atoms with Gasteiger partial charge in [-0.05, 0) is 48.9 Å². The molecule has 0 saturated carbocycles. The molecule has 0 saturated heterocycles. The number of nitrogens with one attached hydrogen (secondary N) is 2. The number of hydrogen-bond donors (Lipinski definition) is 2. The predicted octanol–water partition coefficient (Wildman–Crippen LogP) is 2.27. The van der Waals surface area contributed by atoms with Crippen molar-refractivity contribution in [3.05, 3.63) is 47.8 Å². The fraction of sp³-hybridized carbons (Fsp3) is 0.133. The van der Waals surface area contributed by atoms with E-state index in [0.717, 1.165) is 0 Å². The highest BCUT2D eigenvalue weighted by Gasteiger charge is 2.21. The smallest absolute Gasteiger partial charge is 0.262 e. The summed E-state index contributed by atoms with van der Waals surface area (Å²) < 4.78 is 45.6. The number of anilines is 2. The van der Waals surface area contributed by atoms with Crippen LogP contribution in [-0.4, -0.2) is 20.9 Å². The number of rotatable bonds is 3. The van der Waals surface area contributed by atoms with Crippen LogP contribution in [0.4, 0.5) is 15.8 Å². The van der Waals surface area contributed by atoms with Crippen LogP contribution >= 0.6 is 0 Å². The Hall–Kier alpha value is -2.61. The lowest BCUT2D eigenvalue weighted by Gasteiger charge is -2.19. The summed E-state index contributed by atoms with van der Waals surface area (Å²) in [7, 11) is -3.88. The van der Waals surface area contributed by atoms with E-state index in [0.29, 0.717) is 17.0 Å². The van der Waals surface area contributed by atoms with Crippen LogP contribution in [0.5, 0.6) is 5.75 Å². The maximum absolute atomic E-state index is 13.1. The van der Waals surface area contributed by atoms with E-state index < -0.39 is 15.8 Å². The summed E-state index contributed by atoms with van der Waals surface area (Å²) in [6.45, 7) is 1.49. The molecule has 1 aliphatic rings. The van der Waals surface area contributed by atoms with Gasteiger partial charge in [0, 0.05) is 0 Å². The zero-order chi connectivity index (χ0) is 16.6. The molecule has 2 N–H and O–H groups in total. The van der Waals surface area contributed by atoms with Gasteiger partial charge < -0.3 is 10.1 Å². The summed E-state index contributed by atoms with van der Waals surface area (Å²) in [6, 6.07) is 7.92. The molecule has 1 heterocycles. The van der Waals surface area contributed by atoms with Crippen molar-refractivity contribution in [1.29, 1.82) is 0 Å². The molecule has 2 aromatic rings. The van der Waals surface area contributed by atoms with Gasteiger partial charge in [0.25, 0.3) is 15.9 Å². The maximum atomic E-state index is 13.1. The van der Waals surface area contributed by atoms with Crippen molar-refractivity contribution in [2.24, 2.45) is 0 Å². The number of fused-ring (bicyclic) bond motifs is 1. The number of aryl methyl sites for hydroxylation is 1. The average Bonchev–Trinajstić information content (AvgIpc) is 2.49. The van der Waals surface area contributed by atoms with Gasteiger partial charge in [0.05, 0.1) is 16.3 Å². The van der Waals surface area contributed by atoms with E-state index in [1.165, 1.54) is 36.4 Å². The molecule has 0 atom stereocenters. The summed E-state index contributed by atoms with van der Waals surface area (Å²) in [5, 5.41) is 2.55. The zero-order valence-electron chi connectivity index (χ0n) is 12.1. The van der Waals surface area contributed by atoms with Crippen molar-refractivity contribution in [2.75, 3.05) is 16.6 Å². The van der Waals surface area contributed by atoms with Gasteiger partial charge in [-0.3, -0.25) is 9.52 Å². The second-order valence-corrected chi connectivity index (χ2v) is 6.74. The minimum Gasteiger partial charge on any atom is -0.482 e. The van der Waals surface area contributed by atoms with Crippen LogP contribution in [0.2, 0.25) is 0 Å². The fourth-order valence-electron chi connectivity index (χ4n) is 2.17. The van der Waals surface area contributed by atoms with E-state index >= 15 is 0 Å². The standard InChI is InChI=1S/C15H13FN2O4S/c1-9-6-10(16)2-4-12(9)18-23(20,21)11-3-5-14-13(7-11)17-15(19)8-22-14/h2-7,18H,8H2,1H3,(H,17,19). The lowest BCUT2D eigenvalue weighted by atomic mass is 10.2. The first kappa shape index (κ1) is 15.3. The van der Waals surface area contributed by atoms with E-state index in [1.54, 1.807) is 6.92 Å². The molecular formula is C15H13FN2O4S. The molecule has 0 aliphatic carbocycles. The first-order valence-electron chi connectivity index (χ1n) is 6.71. The van der Waals surface area contributed by atoms with Crippen LogP contribution in [0, 0.1) is 12.7 Å². The second kappa shape index (κ2) is 5.54. The van der Waals surface area contributed by atoms with E-state index in [4.69, 9.17) is 4.74 Å². The quantitative estimate of drug-likeness (QED) is 0.900. The molecule has 0 fully saturated rings. The molecule has 6 nitrogen and oxygen atoms in total. The van der Waals surface area contributed by atoms with Gasteiger partial charge in [-0.2, -0.15) is 0 Å². The first-order valence-corrected chi connectivity index (χ1v) is 8.19. The third-order valence-electron chi connectivity index (χ3n) is 3.33. The lowest BCUT2D eigenvalue weighted by molar-refractivity contribution is -0.118. The summed E-state index contributed by atoms with van der Waals surface area (Å²) in [4.78, 5) is 11.3. The number of carbonyl (C=O) groups is 1. The Morgan fingerprint density at radius 1 is 1.22 bits per heavy atom. The molecule has 1 aliphatic heterocycles. The monoisotopic (exact) mass is 336 g/mol. The van der Waals surface area contributed by atoms with Gasteiger partial charge in [0.1, 0.15) is 11.6 Å². The Balaban J connectivity index is 1.93. The molecule has 0 spiro atoms. The Kier molecular flexibility index (Phi) is 3.69. The Labute approximate surface area is 132 Å². The van der Waals surface area contributed by atoms with E-state index in [9.17, 15) is 17.6 Å². The van der Waals surface area contributed by atoms with E-state index in [-0.39, 0.29) is 23.1 Å². The van der Waals surface area contributed by atoms with Gasteiger partial charge in [-0.25, -0.2) is 12.8 Å². The highest BCUT2D eigenvalue weighted by Crippen LogP contribution is 2.31. The maximum Gasteiger partial charge on any atom is 0.262 e.